The molecule has 112 valence electrons. The number of hydrogen-bond donors (Lipinski definition) is 1. The predicted molar refractivity (Wildman–Crippen MR) is 81.6 cm³/mol. The van der Waals surface area contributed by atoms with Crippen LogP contribution in [0.25, 0.3) is 0 Å². The van der Waals surface area contributed by atoms with E-state index in [4.69, 9.17) is 15.2 Å². The van der Waals surface area contributed by atoms with Gasteiger partial charge >= 0.3 is 0 Å². The van der Waals surface area contributed by atoms with Gasteiger partial charge in [0.25, 0.3) is 0 Å². The second kappa shape index (κ2) is 6.05. The molecule has 0 radical (unpaired) electrons. The molecule has 0 aliphatic rings. The van der Waals surface area contributed by atoms with Crippen LogP contribution in [-0.2, 0) is 9.84 Å². The Morgan fingerprint density at radius 1 is 1.10 bits per heavy atom. The molecule has 0 spiro atoms. The lowest BCUT2D eigenvalue weighted by molar-refractivity contribution is 0.338. The largest absolute Gasteiger partial charge is 0.494 e. The lowest BCUT2D eigenvalue weighted by atomic mass is 10.3. The summed E-state index contributed by atoms with van der Waals surface area (Å²) >= 11 is 0. The molecule has 0 amide bonds. The average Bonchev–Trinajstić information content (AvgIpc) is 2.41. The van der Waals surface area contributed by atoms with E-state index < -0.39 is 9.84 Å². The molecule has 2 N–H and O–H groups in total. The molecule has 0 bridgehead atoms. The molecule has 0 heterocycles. The van der Waals surface area contributed by atoms with Gasteiger partial charge in [-0.05, 0) is 37.3 Å². The number of benzene rings is 2. The monoisotopic (exact) mass is 307 g/mol. The molecule has 0 fully saturated rings. The van der Waals surface area contributed by atoms with Crippen LogP contribution in [0.5, 0.6) is 17.2 Å². The zero-order chi connectivity index (χ0) is 15.5. The standard InChI is InChI=1S/C15H17NO4S/c1-3-19-11-5-4-6-12(9-11)20-15-8-7-13(10-14(15)16)21(2,17)18/h4-10H,3,16H2,1-2H3. The van der Waals surface area contributed by atoms with Gasteiger partial charge < -0.3 is 15.2 Å². The quantitative estimate of drug-likeness (QED) is 0.859. The second-order valence-electron chi connectivity index (χ2n) is 4.48. The summed E-state index contributed by atoms with van der Waals surface area (Å²) in [6, 6.07) is 11.5. The summed E-state index contributed by atoms with van der Waals surface area (Å²) in [4.78, 5) is 0.162. The number of sulfone groups is 1. The van der Waals surface area contributed by atoms with E-state index in [9.17, 15) is 8.42 Å². The third kappa shape index (κ3) is 3.88. The third-order valence-electron chi connectivity index (χ3n) is 2.75. The Balaban J connectivity index is 2.26. The lowest BCUT2D eigenvalue weighted by Gasteiger charge is -2.11. The summed E-state index contributed by atoms with van der Waals surface area (Å²) in [5, 5.41) is 0. The summed E-state index contributed by atoms with van der Waals surface area (Å²) < 4.78 is 34.0. The van der Waals surface area contributed by atoms with Crippen molar-refractivity contribution in [3.8, 4) is 17.2 Å². The first-order valence-electron chi connectivity index (χ1n) is 6.40. The van der Waals surface area contributed by atoms with Crippen molar-refractivity contribution in [3.63, 3.8) is 0 Å². The summed E-state index contributed by atoms with van der Waals surface area (Å²) in [7, 11) is -3.28. The van der Waals surface area contributed by atoms with Crippen LogP contribution < -0.4 is 15.2 Å². The Labute approximate surface area is 124 Å². The third-order valence-corrected chi connectivity index (χ3v) is 3.86. The van der Waals surface area contributed by atoms with Crippen LogP contribution >= 0.6 is 0 Å². The highest BCUT2D eigenvalue weighted by molar-refractivity contribution is 7.90. The Bertz CT molecular complexity index is 741. The van der Waals surface area contributed by atoms with Crippen molar-refractivity contribution >= 4 is 15.5 Å². The van der Waals surface area contributed by atoms with Crippen LogP contribution in [0.15, 0.2) is 47.4 Å². The molecule has 0 aliphatic carbocycles. The molecule has 21 heavy (non-hydrogen) atoms. The minimum Gasteiger partial charge on any atom is -0.494 e. The highest BCUT2D eigenvalue weighted by atomic mass is 32.2. The van der Waals surface area contributed by atoms with Crippen LogP contribution in [0, 0.1) is 0 Å². The van der Waals surface area contributed by atoms with Gasteiger partial charge in [-0.1, -0.05) is 6.07 Å². The van der Waals surface area contributed by atoms with Gasteiger partial charge in [-0.3, -0.25) is 0 Å². The second-order valence-corrected chi connectivity index (χ2v) is 6.50. The van der Waals surface area contributed by atoms with Crippen molar-refractivity contribution in [1.29, 1.82) is 0 Å². The van der Waals surface area contributed by atoms with Crippen molar-refractivity contribution in [3.05, 3.63) is 42.5 Å². The number of anilines is 1. The smallest absolute Gasteiger partial charge is 0.175 e. The number of rotatable bonds is 5. The molecular weight excluding hydrogens is 290 g/mol. The average molecular weight is 307 g/mol. The van der Waals surface area contributed by atoms with Crippen molar-refractivity contribution in [2.24, 2.45) is 0 Å². The number of nitrogen functional groups attached to an aromatic ring is 1. The summed E-state index contributed by atoms with van der Waals surface area (Å²) in [5.74, 6) is 1.66. The first kappa shape index (κ1) is 15.2. The molecule has 0 atom stereocenters. The molecule has 0 saturated heterocycles. The van der Waals surface area contributed by atoms with Gasteiger partial charge in [0.1, 0.15) is 17.2 Å². The van der Waals surface area contributed by atoms with E-state index in [1.54, 1.807) is 24.3 Å². The Morgan fingerprint density at radius 3 is 2.43 bits per heavy atom. The zero-order valence-electron chi connectivity index (χ0n) is 11.9. The fourth-order valence-electron chi connectivity index (χ4n) is 1.77. The van der Waals surface area contributed by atoms with Gasteiger partial charge in [0.05, 0.1) is 17.2 Å². The van der Waals surface area contributed by atoms with Gasteiger partial charge in [-0.15, -0.1) is 0 Å². The fourth-order valence-corrected chi connectivity index (χ4v) is 2.43. The number of nitrogens with two attached hydrogens (primary N) is 1. The SMILES string of the molecule is CCOc1cccc(Oc2ccc(S(C)(=O)=O)cc2N)c1. The summed E-state index contributed by atoms with van der Waals surface area (Å²) in [5.41, 5.74) is 6.11. The maximum Gasteiger partial charge on any atom is 0.175 e. The minimum atomic E-state index is -3.28. The number of hydrogen-bond acceptors (Lipinski definition) is 5. The Morgan fingerprint density at radius 2 is 1.81 bits per heavy atom. The number of ether oxygens (including phenoxy) is 2. The van der Waals surface area contributed by atoms with Gasteiger partial charge in [0.2, 0.25) is 0 Å². The normalized spacial score (nSPS) is 11.1. The maximum atomic E-state index is 11.5. The highest BCUT2D eigenvalue weighted by Gasteiger charge is 2.11. The molecule has 6 heteroatoms. The van der Waals surface area contributed by atoms with Crippen molar-refractivity contribution in [2.45, 2.75) is 11.8 Å². The minimum absolute atomic E-state index is 0.162. The van der Waals surface area contributed by atoms with Crippen LogP contribution in [0.2, 0.25) is 0 Å². The maximum absolute atomic E-state index is 11.5. The Hall–Kier alpha value is -2.21. The van der Waals surface area contributed by atoms with Crippen LogP contribution in [0.1, 0.15) is 6.92 Å². The molecule has 0 saturated carbocycles. The lowest BCUT2D eigenvalue weighted by Crippen LogP contribution is -2.00. The summed E-state index contributed by atoms with van der Waals surface area (Å²) in [6.45, 7) is 2.46. The predicted octanol–water partition coefficient (Wildman–Crippen LogP) is 2.86. The Kier molecular flexibility index (Phi) is 4.37. The molecule has 2 rings (SSSR count). The first-order valence-corrected chi connectivity index (χ1v) is 8.29. The van der Waals surface area contributed by atoms with E-state index in [-0.39, 0.29) is 10.6 Å². The van der Waals surface area contributed by atoms with E-state index in [1.807, 2.05) is 13.0 Å². The van der Waals surface area contributed by atoms with Crippen molar-refractivity contribution in [2.75, 3.05) is 18.6 Å². The molecule has 0 aromatic heterocycles. The van der Waals surface area contributed by atoms with Crippen LogP contribution in [-0.4, -0.2) is 21.3 Å². The summed E-state index contributed by atoms with van der Waals surface area (Å²) in [6.07, 6.45) is 1.13. The van der Waals surface area contributed by atoms with E-state index in [0.29, 0.717) is 23.9 Å². The molecular formula is C15H17NO4S. The molecule has 2 aromatic carbocycles. The van der Waals surface area contributed by atoms with Crippen LogP contribution in [0.3, 0.4) is 0 Å². The fraction of sp³-hybridized carbons (Fsp3) is 0.200. The highest BCUT2D eigenvalue weighted by Crippen LogP contribution is 2.31. The molecule has 0 unspecified atom stereocenters. The van der Waals surface area contributed by atoms with Gasteiger partial charge in [-0.25, -0.2) is 8.42 Å². The van der Waals surface area contributed by atoms with E-state index in [2.05, 4.69) is 0 Å². The van der Waals surface area contributed by atoms with Gasteiger partial charge in [-0.2, -0.15) is 0 Å². The topological polar surface area (TPSA) is 78.6 Å². The van der Waals surface area contributed by atoms with E-state index >= 15 is 0 Å². The van der Waals surface area contributed by atoms with Crippen LogP contribution in [0.4, 0.5) is 5.69 Å². The molecule has 5 nitrogen and oxygen atoms in total. The van der Waals surface area contributed by atoms with E-state index in [0.717, 1.165) is 6.26 Å². The first-order chi connectivity index (χ1) is 9.90. The molecule has 0 aliphatic heterocycles. The van der Waals surface area contributed by atoms with Crippen molar-refractivity contribution in [1.82, 2.24) is 0 Å². The van der Waals surface area contributed by atoms with Gasteiger partial charge in [0, 0.05) is 12.3 Å². The molecule has 2 aromatic rings. The van der Waals surface area contributed by atoms with Gasteiger partial charge in [0.15, 0.2) is 9.84 Å². The van der Waals surface area contributed by atoms with E-state index in [1.165, 1.54) is 12.1 Å². The zero-order valence-corrected chi connectivity index (χ0v) is 12.7. The van der Waals surface area contributed by atoms with Crippen molar-refractivity contribution < 1.29 is 17.9 Å².